The molecule has 0 bridgehead atoms. The molecule has 0 spiro atoms. The first-order chi connectivity index (χ1) is 47.0. The Morgan fingerprint density at radius 1 is 0.333 bits per heavy atom. The molecule has 0 heterocycles. The Balaban J connectivity index is 3.91. The number of carbonyl (C=O) groups excluding carboxylic acids is 2. The van der Waals surface area contributed by atoms with E-state index in [1.165, 1.54) is 270 Å². The van der Waals surface area contributed by atoms with Gasteiger partial charge in [-0.15, -0.1) is 0 Å². The molecule has 0 saturated heterocycles. The van der Waals surface area contributed by atoms with E-state index in [9.17, 15) is 19.0 Å². The summed E-state index contributed by atoms with van der Waals surface area (Å²) in [5.41, 5.74) is 0. The van der Waals surface area contributed by atoms with Gasteiger partial charge in [0.25, 0.3) is 7.82 Å². The monoisotopic (exact) mass is 1360 g/mol. The van der Waals surface area contributed by atoms with Gasteiger partial charge in [0.2, 0.25) is 0 Å². The highest BCUT2D eigenvalue weighted by molar-refractivity contribution is 7.45. The van der Waals surface area contributed by atoms with Crippen molar-refractivity contribution in [3.8, 4) is 0 Å². The number of ether oxygens (including phenoxy) is 2. The van der Waals surface area contributed by atoms with Crippen LogP contribution in [0.3, 0.4) is 0 Å². The number of carbonyl (C=O) groups is 2. The van der Waals surface area contributed by atoms with E-state index in [0.29, 0.717) is 17.4 Å². The van der Waals surface area contributed by atoms with Gasteiger partial charge in [-0.25, -0.2) is 0 Å². The molecule has 0 rings (SSSR count). The minimum Gasteiger partial charge on any atom is -0.756 e. The van der Waals surface area contributed by atoms with Crippen molar-refractivity contribution in [1.29, 1.82) is 0 Å². The predicted octanol–water partition coefficient (Wildman–Crippen LogP) is 26.8. The first kappa shape index (κ1) is 92.9. The number of unbranched alkanes of at least 4 members (excludes halogenated alkanes) is 46. The molecule has 9 nitrogen and oxygen atoms in total. The van der Waals surface area contributed by atoms with Gasteiger partial charge in [-0.2, -0.15) is 0 Å². The van der Waals surface area contributed by atoms with E-state index in [4.69, 9.17) is 18.5 Å². The van der Waals surface area contributed by atoms with Crippen molar-refractivity contribution in [2.45, 2.75) is 392 Å². The van der Waals surface area contributed by atoms with Crippen molar-refractivity contribution in [1.82, 2.24) is 0 Å². The number of esters is 2. The molecule has 96 heavy (non-hydrogen) atoms. The minimum atomic E-state index is -4.65. The summed E-state index contributed by atoms with van der Waals surface area (Å²) in [6.45, 7) is 4.17. The van der Waals surface area contributed by atoms with E-state index in [1.807, 2.05) is 21.1 Å². The molecule has 0 saturated carbocycles. The number of rotatable bonds is 76. The molecule has 0 aliphatic carbocycles. The highest BCUT2D eigenvalue weighted by Gasteiger charge is 2.22. The van der Waals surface area contributed by atoms with Gasteiger partial charge >= 0.3 is 11.9 Å². The number of nitrogens with zero attached hydrogens (tertiary/aromatic N) is 1. The molecule has 0 aromatic carbocycles. The molecular formula is C86H156NO8P. The maximum absolute atomic E-state index is 12.9. The fourth-order valence-electron chi connectivity index (χ4n) is 11.9. The van der Waals surface area contributed by atoms with Crippen LogP contribution in [-0.2, 0) is 32.7 Å². The summed E-state index contributed by atoms with van der Waals surface area (Å²) in [6, 6.07) is 0. The van der Waals surface area contributed by atoms with Crippen molar-refractivity contribution >= 4 is 19.8 Å². The number of hydrogen-bond donors (Lipinski definition) is 0. The second kappa shape index (κ2) is 76.1. The third kappa shape index (κ3) is 79.9. The lowest BCUT2D eigenvalue weighted by Gasteiger charge is -2.28. The summed E-state index contributed by atoms with van der Waals surface area (Å²) in [4.78, 5) is 38.2. The molecule has 0 aromatic heterocycles. The number of hydrogen-bond acceptors (Lipinski definition) is 8. The molecular weight excluding hydrogens is 1210 g/mol. The fraction of sp³-hybridized carbons (Fsp3) is 0.791. The zero-order chi connectivity index (χ0) is 69.7. The second-order valence-electron chi connectivity index (χ2n) is 28.8. The largest absolute Gasteiger partial charge is 0.756 e. The summed E-state index contributed by atoms with van der Waals surface area (Å²) in [6.07, 6.45) is 107. The maximum atomic E-state index is 12.9. The van der Waals surface area contributed by atoms with E-state index in [-0.39, 0.29) is 32.0 Å². The van der Waals surface area contributed by atoms with Gasteiger partial charge in [0, 0.05) is 12.8 Å². The molecule has 0 radical (unpaired) electrons. The van der Waals surface area contributed by atoms with Crippen LogP contribution in [0.4, 0.5) is 0 Å². The standard InChI is InChI=1S/C86H156NO8P/c1-6-8-10-12-14-16-18-20-22-24-26-28-30-32-34-36-38-39-40-41-42-43-44-45-46-47-49-51-53-55-57-59-61-63-65-67-69-71-73-75-77-79-86(89)95-84(83-94-96(90,91)93-81-80-87(3,4)5)82-92-85(88)78-76-74-72-70-68-66-64-62-60-58-56-54-52-50-48-37-35-33-31-29-27-25-23-21-19-17-15-13-11-9-7-2/h8,10,14,16,19-22,25-28,32,34,38-39,84H,6-7,9,11-13,15,17-18,23-24,29-31,33,35-37,40-83H2,1-5H3/b10-8-,16-14-,21-19-,22-20-,27-25-,28-26-,34-32-,39-38-. The fourth-order valence-corrected chi connectivity index (χ4v) is 12.6. The minimum absolute atomic E-state index is 0.0302. The van der Waals surface area contributed by atoms with Gasteiger partial charge in [0.15, 0.2) is 6.10 Å². The van der Waals surface area contributed by atoms with Crippen LogP contribution in [0.2, 0.25) is 0 Å². The van der Waals surface area contributed by atoms with Gasteiger partial charge in [-0.1, -0.05) is 374 Å². The molecule has 10 heteroatoms. The summed E-state index contributed by atoms with van der Waals surface area (Å²) >= 11 is 0. The Bertz CT molecular complexity index is 1940. The van der Waals surface area contributed by atoms with E-state index in [2.05, 4.69) is 111 Å². The molecule has 0 aliphatic heterocycles. The van der Waals surface area contributed by atoms with Crippen molar-refractivity contribution in [3.63, 3.8) is 0 Å². The lowest BCUT2D eigenvalue weighted by molar-refractivity contribution is -0.870. The molecule has 2 atom stereocenters. The lowest BCUT2D eigenvalue weighted by Crippen LogP contribution is -2.37. The van der Waals surface area contributed by atoms with Crippen LogP contribution in [0.15, 0.2) is 97.2 Å². The predicted molar refractivity (Wildman–Crippen MR) is 416 cm³/mol. The van der Waals surface area contributed by atoms with E-state index >= 15 is 0 Å². The Hall–Kier alpha value is -3.07. The van der Waals surface area contributed by atoms with Crippen molar-refractivity contribution in [2.24, 2.45) is 0 Å². The van der Waals surface area contributed by atoms with Crippen LogP contribution in [0.5, 0.6) is 0 Å². The molecule has 0 N–H and O–H groups in total. The van der Waals surface area contributed by atoms with Gasteiger partial charge in [0.1, 0.15) is 19.8 Å². The Morgan fingerprint density at radius 3 is 0.885 bits per heavy atom. The van der Waals surface area contributed by atoms with E-state index < -0.39 is 26.5 Å². The number of likely N-dealkylation sites (N-methyl/N-ethyl adjacent to an activating group) is 1. The summed E-state index contributed by atoms with van der Waals surface area (Å²) in [5, 5.41) is 0. The highest BCUT2D eigenvalue weighted by atomic mass is 31.2. The highest BCUT2D eigenvalue weighted by Crippen LogP contribution is 2.38. The molecule has 0 aliphatic rings. The maximum Gasteiger partial charge on any atom is 0.306 e. The average Bonchev–Trinajstić information content (AvgIpc) is 2.54. The summed E-state index contributed by atoms with van der Waals surface area (Å²) < 4.78 is 34.4. The summed E-state index contributed by atoms with van der Waals surface area (Å²) in [5.74, 6) is -0.814. The smallest absolute Gasteiger partial charge is 0.306 e. The normalized spacial score (nSPS) is 13.5. The molecule has 0 amide bonds. The molecule has 2 unspecified atom stereocenters. The van der Waals surface area contributed by atoms with Gasteiger partial charge < -0.3 is 27.9 Å². The van der Waals surface area contributed by atoms with Crippen LogP contribution in [0, 0.1) is 0 Å². The number of phosphoric ester groups is 1. The van der Waals surface area contributed by atoms with Crippen LogP contribution in [-0.4, -0.2) is 70.0 Å². The van der Waals surface area contributed by atoms with Crippen LogP contribution in [0.25, 0.3) is 0 Å². The van der Waals surface area contributed by atoms with Crippen molar-refractivity contribution < 1.29 is 42.1 Å². The Morgan fingerprint density at radius 2 is 0.594 bits per heavy atom. The number of phosphoric acid groups is 1. The molecule has 0 aromatic rings. The quantitative estimate of drug-likeness (QED) is 0.0195. The third-order valence-electron chi connectivity index (χ3n) is 18.1. The molecule has 558 valence electrons. The molecule has 0 fully saturated rings. The van der Waals surface area contributed by atoms with Gasteiger partial charge in [-0.05, 0) is 96.3 Å². The first-order valence-electron chi connectivity index (χ1n) is 40.9. The number of quaternary nitrogens is 1. The first-order valence-corrected chi connectivity index (χ1v) is 42.4. The van der Waals surface area contributed by atoms with E-state index in [0.717, 1.165) is 83.5 Å². The van der Waals surface area contributed by atoms with Gasteiger partial charge in [0.05, 0.1) is 27.7 Å². The Kier molecular flexibility index (Phi) is 73.7. The van der Waals surface area contributed by atoms with Crippen LogP contribution < -0.4 is 4.89 Å². The third-order valence-corrected chi connectivity index (χ3v) is 19.1. The topological polar surface area (TPSA) is 111 Å². The van der Waals surface area contributed by atoms with Crippen molar-refractivity contribution in [2.75, 3.05) is 47.5 Å². The SMILES string of the molecule is CC/C=C\C/C=C\C/C=C\C/C=C\C/C=C\C/C=C\CCCCCCCCCCCCCCCCCCCCCCCCC(=O)OC(COC(=O)CCCCCCCCCCCCCCCCCCCCC/C=C\C/C=C\CCCCCCC)COP(=O)([O-])OCC[N+](C)(C)C. The second-order valence-corrected chi connectivity index (χ2v) is 30.2. The average molecular weight is 1360 g/mol. The van der Waals surface area contributed by atoms with Crippen LogP contribution in [0.1, 0.15) is 386 Å². The van der Waals surface area contributed by atoms with Crippen molar-refractivity contribution in [3.05, 3.63) is 97.2 Å². The van der Waals surface area contributed by atoms with Gasteiger partial charge in [-0.3, -0.25) is 14.2 Å². The van der Waals surface area contributed by atoms with Crippen LogP contribution >= 0.6 is 7.82 Å². The number of allylic oxidation sites excluding steroid dienone is 16. The Labute approximate surface area is 595 Å². The zero-order valence-corrected chi connectivity index (χ0v) is 64.7. The lowest BCUT2D eigenvalue weighted by atomic mass is 10.0. The summed E-state index contributed by atoms with van der Waals surface area (Å²) in [7, 11) is 1.18. The van der Waals surface area contributed by atoms with E-state index in [1.54, 1.807) is 0 Å². The zero-order valence-electron chi connectivity index (χ0n) is 63.8.